The fourth-order valence-electron chi connectivity index (χ4n) is 2.85. The molecule has 10 heteroatoms. The van der Waals surface area contributed by atoms with Crippen LogP contribution in [0.25, 0.3) is 21.5 Å². The third-order valence-electron chi connectivity index (χ3n) is 4.23. The van der Waals surface area contributed by atoms with E-state index in [4.69, 9.17) is 12.2 Å². The van der Waals surface area contributed by atoms with Crippen LogP contribution >= 0.6 is 23.6 Å². The summed E-state index contributed by atoms with van der Waals surface area (Å²) >= 11 is 6.66. The zero-order chi connectivity index (χ0) is 20.4. The number of amides is 2. The summed E-state index contributed by atoms with van der Waals surface area (Å²) in [5.41, 5.74) is 4.71. The number of carbonyl (C=O) groups is 2. The Balaban J connectivity index is 1.46. The Morgan fingerprint density at radius 3 is 2.62 bits per heavy atom. The molecular weight excluding hydrogens is 410 g/mol. The Bertz CT molecular complexity index is 1260. The number of hydrazine groups is 1. The number of thiophene rings is 1. The number of aromatic nitrogens is 3. The molecule has 0 bridgehead atoms. The van der Waals surface area contributed by atoms with Crippen molar-refractivity contribution in [2.24, 2.45) is 0 Å². The van der Waals surface area contributed by atoms with Crippen molar-refractivity contribution in [1.82, 2.24) is 25.6 Å². The van der Waals surface area contributed by atoms with E-state index in [9.17, 15) is 14.7 Å². The number of hydrogen-bond acceptors (Lipinski definition) is 6. The fourth-order valence-corrected chi connectivity index (χ4v) is 3.76. The van der Waals surface area contributed by atoms with Gasteiger partial charge in [0.05, 0.1) is 10.4 Å². The second-order valence-corrected chi connectivity index (χ2v) is 7.47. The van der Waals surface area contributed by atoms with Gasteiger partial charge in [-0.05, 0) is 46.6 Å². The molecule has 0 atom stereocenters. The van der Waals surface area contributed by atoms with E-state index in [1.54, 1.807) is 6.07 Å². The Morgan fingerprint density at radius 1 is 1.14 bits per heavy atom. The van der Waals surface area contributed by atoms with Gasteiger partial charge in [0.15, 0.2) is 10.6 Å². The predicted octanol–water partition coefficient (Wildman–Crippen LogP) is 2.99. The predicted molar refractivity (Wildman–Crippen MR) is 112 cm³/mol. The van der Waals surface area contributed by atoms with Crippen molar-refractivity contribution in [3.05, 3.63) is 64.2 Å². The van der Waals surface area contributed by atoms with Crippen molar-refractivity contribution < 1.29 is 14.7 Å². The van der Waals surface area contributed by atoms with E-state index in [-0.39, 0.29) is 17.9 Å². The number of hydrogen-bond donors (Lipinski definition) is 4. The molecule has 0 fully saturated rings. The van der Waals surface area contributed by atoms with E-state index in [1.807, 2.05) is 41.8 Å². The molecule has 29 heavy (non-hydrogen) atoms. The molecular formula is C19H15N5O3S2. The number of carbonyl (C=O) groups excluding carboxylic acids is 2. The smallest absolute Gasteiger partial charge is 0.273 e. The van der Waals surface area contributed by atoms with Crippen LogP contribution in [-0.2, 0) is 11.3 Å². The molecule has 2 aromatic carbocycles. The first kappa shape index (κ1) is 18.8. The Kier molecular flexibility index (Phi) is 5.10. The first-order valence-electron chi connectivity index (χ1n) is 8.53. The monoisotopic (exact) mass is 425 g/mol. The molecule has 2 heterocycles. The molecule has 0 radical (unpaired) electrons. The highest BCUT2D eigenvalue weighted by molar-refractivity contribution is 7.71. The number of nitrogens with one attached hydrogen (secondary N) is 3. The van der Waals surface area contributed by atoms with Crippen molar-refractivity contribution >= 4 is 46.1 Å². The molecule has 0 saturated carbocycles. The molecule has 0 aliphatic carbocycles. The lowest BCUT2D eigenvalue weighted by Crippen LogP contribution is -2.43. The first-order chi connectivity index (χ1) is 14.0. The third kappa shape index (κ3) is 3.89. The average molecular weight is 425 g/mol. The maximum absolute atomic E-state index is 12.4. The van der Waals surface area contributed by atoms with Gasteiger partial charge < -0.3 is 5.11 Å². The summed E-state index contributed by atoms with van der Waals surface area (Å²) in [4.78, 5) is 25.6. The Labute approximate surface area is 173 Å². The average Bonchev–Trinajstić information content (AvgIpc) is 3.36. The minimum absolute atomic E-state index is 0.0585. The Morgan fingerprint density at radius 2 is 1.90 bits per heavy atom. The van der Waals surface area contributed by atoms with Crippen LogP contribution in [0.15, 0.2) is 53.9 Å². The molecule has 2 aromatic heterocycles. The van der Waals surface area contributed by atoms with E-state index in [2.05, 4.69) is 21.0 Å². The highest BCUT2D eigenvalue weighted by atomic mass is 32.1. The van der Waals surface area contributed by atoms with Crippen molar-refractivity contribution in [3.63, 3.8) is 0 Å². The van der Waals surface area contributed by atoms with Crippen LogP contribution in [0, 0.1) is 4.77 Å². The van der Waals surface area contributed by atoms with Gasteiger partial charge in [-0.25, -0.2) is 0 Å². The minimum atomic E-state index is -0.629. The fraction of sp³-hybridized carbons (Fsp3) is 0.0526. The van der Waals surface area contributed by atoms with Gasteiger partial charge in [-0.3, -0.25) is 30.1 Å². The van der Waals surface area contributed by atoms with E-state index in [0.29, 0.717) is 10.6 Å². The number of aromatic amines is 1. The number of phenolic OH excluding ortho intramolecular Hbond substituents is 1. The van der Waals surface area contributed by atoms with Gasteiger partial charge in [-0.15, -0.1) is 11.3 Å². The number of rotatable bonds is 4. The zero-order valence-corrected chi connectivity index (χ0v) is 16.5. The number of H-pyrrole nitrogens is 1. The van der Waals surface area contributed by atoms with Gasteiger partial charge in [0.25, 0.3) is 11.8 Å². The molecule has 0 aliphatic rings. The van der Waals surface area contributed by atoms with E-state index in [0.717, 1.165) is 15.6 Å². The lowest BCUT2D eigenvalue weighted by atomic mass is 10.1. The van der Waals surface area contributed by atoms with E-state index in [1.165, 1.54) is 22.0 Å². The summed E-state index contributed by atoms with van der Waals surface area (Å²) in [6.45, 7) is -0.132. The quantitative estimate of drug-likeness (QED) is 0.297. The summed E-state index contributed by atoms with van der Waals surface area (Å²) in [6, 6.07) is 14.1. The van der Waals surface area contributed by atoms with Gasteiger partial charge in [0.1, 0.15) is 12.3 Å². The summed E-state index contributed by atoms with van der Waals surface area (Å²) in [5, 5.41) is 20.4. The topological polar surface area (TPSA) is 112 Å². The van der Waals surface area contributed by atoms with Crippen molar-refractivity contribution in [2.75, 3.05) is 0 Å². The summed E-state index contributed by atoms with van der Waals surface area (Å²) < 4.78 is 1.83. The van der Waals surface area contributed by atoms with Crippen molar-refractivity contribution in [3.8, 4) is 16.5 Å². The zero-order valence-electron chi connectivity index (χ0n) is 14.9. The molecule has 0 aliphatic heterocycles. The van der Waals surface area contributed by atoms with E-state index < -0.39 is 11.8 Å². The van der Waals surface area contributed by atoms with Crippen molar-refractivity contribution in [2.45, 2.75) is 6.54 Å². The molecule has 0 unspecified atom stereocenters. The normalized spacial score (nSPS) is 10.8. The maximum atomic E-state index is 12.4. The summed E-state index contributed by atoms with van der Waals surface area (Å²) in [7, 11) is 0. The molecule has 4 aromatic rings. The van der Waals surface area contributed by atoms with Crippen molar-refractivity contribution in [1.29, 1.82) is 0 Å². The van der Waals surface area contributed by atoms with Crippen LogP contribution in [0.2, 0.25) is 0 Å². The van der Waals surface area contributed by atoms with Crippen LogP contribution in [-0.4, -0.2) is 31.7 Å². The number of fused-ring (bicyclic) bond motifs is 1. The molecule has 4 N–H and O–H groups in total. The lowest BCUT2D eigenvalue weighted by molar-refractivity contribution is -0.122. The molecule has 8 nitrogen and oxygen atoms in total. The Hall–Kier alpha value is -3.50. The number of aromatic hydroxyl groups is 1. The highest BCUT2D eigenvalue weighted by Crippen LogP contribution is 2.25. The maximum Gasteiger partial charge on any atom is 0.273 e. The first-order valence-corrected chi connectivity index (χ1v) is 9.82. The SMILES string of the molecule is O=C(Cn1c(-c2cccs2)n[nH]c1=S)NNC(=O)c1cc2ccccc2cc1O. The van der Waals surface area contributed by atoms with Gasteiger partial charge in [-0.1, -0.05) is 30.3 Å². The second kappa shape index (κ2) is 7.86. The third-order valence-corrected chi connectivity index (χ3v) is 5.40. The van der Waals surface area contributed by atoms with Gasteiger partial charge in [0.2, 0.25) is 0 Å². The summed E-state index contributed by atoms with van der Waals surface area (Å²) in [5.74, 6) is -0.754. The van der Waals surface area contributed by atoms with Gasteiger partial charge >= 0.3 is 0 Å². The second-order valence-electron chi connectivity index (χ2n) is 6.13. The lowest BCUT2D eigenvalue weighted by Gasteiger charge is -2.10. The standard InChI is InChI=1S/C19H15N5O3S2/c25-14-9-12-5-2-1-4-11(12)8-13(14)18(27)22-20-16(26)10-24-17(21-23-19(24)28)15-6-3-7-29-15/h1-9,25H,10H2,(H,20,26)(H,22,27)(H,23,28). The van der Waals surface area contributed by atoms with E-state index >= 15 is 0 Å². The largest absolute Gasteiger partial charge is 0.507 e. The molecule has 146 valence electrons. The van der Waals surface area contributed by atoms with Crippen LogP contribution < -0.4 is 10.9 Å². The van der Waals surface area contributed by atoms with Crippen LogP contribution in [0.5, 0.6) is 5.75 Å². The minimum Gasteiger partial charge on any atom is -0.507 e. The van der Waals surface area contributed by atoms with Crippen LogP contribution in [0.4, 0.5) is 0 Å². The number of benzene rings is 2. The molecule has 2 amide bonds. The molecule has 0 saturated heterocycles. The molecule has 0 spiro atoms. The van der Waals surface area contributed by atoms with Gasteiger partial charge in [0, 0.05) is 0 Å². The van der Waals surface area contributed by atoms with Crippen LogP contribution in [0.3, 0.4) is 0 Å². The van der Waals surface area contributed by atoms with Gasteiger partial charge in [-0.2, -0.15) is 5.10 Å². The summed E-state index contributed by atoms with van der Waals surface area (Å²) in [6.07, 6.45) is 0. The molecule has 4 rings (SSSR count). The number of nitrogens with zero attached hydrogens (tertiary/aromatic N) is 2. The highest BCUT2D eigenvalue weighted by Gasteiger charge is 2.16. The van der Waals surface area contributed by atoms with Crippen LogP contribution in [0.1, 0.15) is 10.4 Å². The number of phenols is 1.